The Morgan fingerprint density at radius 1 is 0.725 bits per heavy atom. The van der Waals surface area contributed by atoms with E-state index in [1.165, 1.54) is 0 Å². The number of benzene rings is 4. The number of rotatable bonds is 10. The Balaban J connectivity index is 1.76. The van der Waals surface area contributed by atoms with Crippen LogP contribution in [0.1, 0.15) is 60.9 Å². The molecule has 206 valence electrons. The number of hydrogen-bond donors (Lipinski definition) is 1. The van der Waals surface area contributed by atoms with E-state index in [9.17, 15) is 9.59 Å². The molecule has 0 spiro atoms. The molecule has 1 N–H and O–H groups in total. The fourth-order valence-electron chi connectivity index (χ4n) is 5.07. The van der Waals surface area contributed by atoms with E-state index in [0.29, 0.717) is 13.0 Å². The molecule has 0 aliphatic rings. The maximum Gasteiger partial charge on any atom is 0.243 e. The van der Waals surface area contributed by atoms with Gasteiger partial charge in [0.1, 0.15) is 6.04 Å². The monoisotopic (exact) mass is 532 g/mol. The van der Waals surface area contributed by atoms with Crippen molar-refractivity contribution in [3.63, 3.8) is 0 Å². The third-order valence-electron chi connectivity index (χ3n) is 7.15. The van der Waals surface area contributed by atoms with Crippen LogP contribution in [-0.2, 0) is 22.6 Å². The van der Waals surface area contributed by atoms with Crippen LogP contribution in [0, 0.1) is 6.92 Å². The minimum atomic E-state index is -0.666. The summed E-state index contributed by atoms with van der Waals surface area (Å²) in [6, 6.07) is 37.7. The van der Waals surface area contributed by atoms with Crippen LogP contribution in [0.4, 0.5) is 0 Å². The zero-order chi connectivity index (χ0) is 28.5. The summed E-state index contributed by atoms with van der Waals surface area (Å²) in [4.78, 5) is 30.2. The highest BCUT2D eigenvalue weighted by Gasteiger charge is 2.33. The van der Waals surface area contributed by atoms with Crippen LogP contribution in [0.5, 0.6) is 0 Å². The molecule has 0 aliphatic carbocycles. The highest BCUT2D eigenvalue weighted by Crippen LogP contribution is 2.30. The van der Waals surface area contributed by atoms with Gasteiger partial charge in [0.05, 0.1) is 0 Å². The van der Waals surface area contributed by atoms with E-state index in [-0.39, 0.29) is 24.2 Å². The summed E-state index contributed by atoms with van der Waals surface area (Å²) < 4.78 is 0. The van der Waals surface area contributed by atoms with Crippen molar-refractivity contribution in [2.75, 3.05) is 0 Å². The summed E-state index contributed by atoms with van der Waals surface area (Å²) in [6.45, 7) is 8.32. The van der Waals surface area contributed by atoms with Gasteiger partial charge in [0.2, 0.25) is 11.8 Å². The Hall–Kier alpha value is -4.18. The van der Waals surface area contributed by atoms with E-state index >= 15 is 0 Å². The zero-order valence-corrected chi connectivity index (χ0v) is 24.0. The SMILES string of the molecule is Cc1ccccc1CN(C(=O)CC(c1ccccc1)c1ccccc1)[C@H](Cc1ccccc1)C(=O)NC(C)(C)C. The third-order valence-corrected chi connectivity index (χ3v) is 7.15. The quantitative estimate of drug-likeness (QED) is 0.237. The second-order valence-electron chi connectivity index (χ2n) is 11.5. The molecule has 0 aliphatic heterocycles. The smallest absolute Gasteiger partial charge is 0.243 e. The van der Waals surface area contributed by atoms with Crippen LogP contribution < -0.4 is 5.32 Å². The van der Waals surface area contributed by atoms with Crippen LogP contribution in [0.2, 0.25) is 0 Å². The molecular weight excluding hydrogens is 492 g/mol. The van der Waals surface area contributed by atoms with E-state index in [0.717, 1.165) is 27.8 Å². The van der Waals surface area contributed by atoms with E-state index in [1.54, 1.807) is 4.90 Å². The molecule has 4 rings (SSSR count). The van der Waals surface area contributed by atoms with E-state index < -0.39 is 11.6 Å². The van der Waals surface area contributed by atoms with Crippen LogP contribution in [0.3, 0.4) is 0 Å². The van der Waals surface area contributed by atoms with Crippen molar-refractivity contribution in [1.82, 2.24) is 10.2 Å². The number of carbonyl (C=O) groups excluding carboxylic acids is 2. The lowest BCUT2D eigenvalue weighted by Gasteiger charge is -2.35. The molecule has 4 heteroatoms. The molecule has 0 unspecified atom stereocenters. The predicted molar refractivity (Wildman–Crippen MR) is 163 cm³/mol. The number of amides is 2. The summed E-state index contributed by atoms with van der Waals surface area (Å²) in [5.41, 5.74) is 4.88. The Bertz CT molecular complexity index is 1340. The Morgan fingerprint density at radius 2 is 1.23 bits per heavy atom. The van der Waals surface area contributed by atoms with Crippen LogP contribution in [0.25, 0.3) is 0 Å². The van der Waals surface area contributed by atoms with Crippen LogP contribution in [0.15, 0.2) is 115 Å². The normalized spacial score (nSPS) is 12.1. The van der Waals surface area contributed by atoms with Crippen molar-refractivity contribution >= 4 is 11.8 Å². The molecule has 4 nitrogen and oxygen atoms in total. The van der Waals surface area contributed by atoms with Crippen molar-refractivity contribution < 1.29 is 9.59 Å². The first-order valence-electron chi connectivity index (χ1n) is 14.0. The lowest BCUT2D eigenvalue weighted by molar-refractivity contribution is -0.142. The molecule has 0 radical (unpaired) electrons. The highest BCUT2D eigenvalue weighted by atomic mass is 16.2. The second-order valence-corrected chi connectivity index (χ2v) is 11.5. The fraction of sp³-hybridized carbons (Fsp3) is 0.278. The topological polar surface area (TPSA) is 49.4 Å². The van der Waals surface area contributed by atoms with Gasteiger partial charge >= 0.3 is 0 Å². The number of nitrogens with zero attached hydrogens (tertiary/aromatic N) is 1. The third kappa shape index (κ3) is 7.92. The number of aryl methyl sites for hydroxylation is 1. The summed E-state index contributed by atoms with van der Waals surface area (Å²) in [5, 5.41) is 3.16. The molecule has 0 heterocycles. The molecule has 0 saturated carbocycles. The van der Waals surface area contributed by atoms with E-state index in [2.05, 4.69) is 42.6 Å². The van der Waals surface area contributed by atoms with Gasteiger partial charge in [-0.1, -0.05) is 115 Å². The minimum Gasteiger partial charge on any atom is -0.350 e. The van der Waals surface area contributed by atoms with Gasteiger partial charge in [0.25, 0.3) is 0 Å². The standard InChI is InChI=1S/C36H40N2O2/c1-27-16-14-15-23-31(27)26-38(33(35(40)37-36(2,3)4)24-28-17-8-5-9-18-28)34(39)25-32(29-19-10-6-11-20-29)30-21-12-7-13-22-30/h5-23,32-33H,24-26H2,1-4H3,(H,37,40)/t33-/m1/s1. The maximum atomic E-state index is 14.5. The molecule has 1 atom stereocenters. The molecule has 4 aromatic carbocycles. The summed E-state index contributed by atoms with van der Waals surface area (Å²) in [7, 11) is 0. The molecule has 2 amide bonds. The van der Waals surface area contributed by atoms with Crippen molar-refractivity contribution in [3.05, 3.63) is 143 Å². The van der Waals surface area contributed by atoms with E-state index in [1.807, 2.05) is 106 Å². The lowest BCUT2D eigenvalue weighted by Crippen LogP contribution is -2.54. The summed E-state index contributed by atoms with van der Waals surface area (Å²) in [6.07, 6.45) is 0.690. The Morgan fingerprint density at radius 3 is 1.75 bits per heavy atom. The highest BCUT2D eigenvalue weighted by molar-refractivity contribution is 5.89. The zero-order valence-electron chi connectivity index (χ0n) is 24.0. The molecule has 0 saturated heterocycles. The minimum absolute atomic E-state index is 0.0500. The lowest BCUT2D eigenvalue weighted by atomic mass is 9.87. The van der Waals surface area contributed by atoms with Gasteiger partial charge in [-0.15, -0.1) is 0 Å². The average Bonchev–Trinajstić information content (AvgIpc) is 2.95. The van der Waals surface area contributed by atoms with Crippen LogP contribution in [-0.4, -0.2) is 28.3 Å². The first-order valence-corrected chi connectivity index (χ1v) is 14.0. The van der Waals surface area contributed by atoms with Gasteiger partial charge in [-0.25, -0.2) is 0 Å². The average molecular weight is 533 g/mol. The first kappa shape index (κ1) is 28.8. The molecule has 0 bridgehead atoms. The largest absolute Gasteiger partial charge is 0.350 e. The molecule has 4 aromatic rings. The Kier molecular flexibility index (Phi) is 9.55. The van der Waals surface area contributed by atoms with Crippen molar-refractivity contribution in [3.8, 4) is 0 Å². The Labute approximate surface area is 239 Å². The van der Waals surface area contributed by atoms with Crippen molar-refractivity contribution in [2.45, 2.75) is 64.6 Å². The van der Waals surface area contributed by atoms with Gasteiger partial charge in [-0.3, -0.25) is 9.59 Å². The van der Waals surface area contributed by atoms with Gasteiger partial charge in [0.15, 0.2) is 0 Å². The first-order chi connectivity index (χ1) is 19.2. The number of hydrogen-bond acceptors (Lipinski definition) is 2. The van der Waals surface area contributed by atoms with Crippen molar-refractivity contribution in [1.29, 1.82) is 0 Å². The van der Waals surface area contributed by atoms with E-state index in [4.69, 9.17) is 0 Å². The maximum absolute atomic E-state index is 14.5. The van der Waals surface area contributed by atoms with Gasteiger partial charge in [0, 0.05) is 30.8 Å². The summed E-state index contributed by atoms with van der Waals surface area (Å²) in [5.74, 6) is -0.322. The molecular formula is C36H40N2O2. The number of nitrogens with one attached hydrogen (secondary N) is 1. The van der Waals surface area contributed by atoms with Gasteiger partial charge in [-0.05, 0) is 55.5 Å². The predicted octanol–water partition coefficient (Wildman–Crippen LogP) is 7.07. The van der Waals surface area contributed by atoms with Crippen molar-refractivity contribution in [2.24, 2.45) is 0 Å². The molecule has 40 heavy (non-hydrogen) atoms. The van der Waals surface area contributed by atoms with Crippen LogP contribution >= 0.6 is 0 Å². The van der Waals surface area contributed by atoms with Gasteiger partial charge < -0.3 is 10.2 Å². The fourth-order valence-corrected chi connectivity index (χ4v) is 5.07. The molecule has 0 fully saturated rings. The summed E-state index contributed by atoms with van der Waals surface area (Å²) >= 11 is 0. The van der Waals surface area contributed by atoms with Gasteiger partial charge in [-0.2, -0.15) is 0 Å². The second kappa shape index (κ2) is 13.3. The molecule has 0 aromatic heterocycles. The number of carbonyl (C=O) groups is 2.